The molecular formula is C30H30N8O3. The van der Waals surface area contributed by atoms with Gasteiger partial charge in [0.15, 0.2) is 5.69 Å². The van der Waals surface area contributed by atoms with Crippen LogP contribution in [0.4, 0.5) is 10.5 Å². The van der Waals surface area contributed by atoms with Gasteiger partial charge in [-0.2, -0.15) is 15.3 Å². The zero-order valence-corrected chi connectivity index (χ0v) is 23.7. The summed E-state index contributed by atoms with van der Waals surface area (Å²) in [7, 11) is 3.69. The van der Waals surface area contributed by atoms with Gasteiger partial charge in [-0.25, -0.2) is 14.7 Å². The van der Waals surface area contributed by atoms with Crippen molar-refractivity contribution in [2.45, 2.75) is 39.8 Å². The number of aromatic nitrogens is 6. The Balaban J connectivity index is 1.59. The van der Waals surface area contributed by atoms with Gasteiger partial charge in [-0.3, -0.25) is 14.2 Å². The van der Waals surface area contributed by atoms with Crippen LogP contribution in [0.15, 0.2) is 53.7 Å². The zero-order valence-electron chi connectivity index (χ0n) is 23.7. The summed E-state index contributed by atoms with van der Waals surface area (Å²) in [6.45, 7) is 15.4. The van der Waals surface area contributed by atoms with Crippen molar-refractivity contribution in [2.24, 2.45) is 14.1 Å². The smallest absolute Gasteiger partial charge is 0.407 e. The fourth-order valence-corrected chi connectivity index (χ4v) is 4.87. The van der Waals surface area contributed by atoms with Crippen molar-refractivity contribution in [2.75, 3.05) is 0 Å². The number of rotatable bonds is 5. The maximum Gasteiger partial charge on any atom is 0.407 e. The van der Waals surface area contributed by atoms with Gasteiger partial charge in [0.05, 0.1) is 42.3 Å². The SMILES string of the molecule is [C-]#[N+]c1c(-c2c(-c3ccc4c(=O)[nH]nc(CNC(=O)OC(C)(C)C)c4c3)cnn2C)ccc(-c2cnn(C)c2)c1C. The summed E-state index contributed by atoms with van der Waals surface area (Å²) in [6.07, 6.45) is 4.87. The molecule has 208 valence electrons. The average molecular weight is 551 g/mol. The van der Waals surface area contributed by atoms with Crippen molar-refractivity contribution in [3.63, 3.8) is 0 Å². The van der Waals surface area contributed by atoms with Crippen molar-refractivity contribution in [1.29, 1.82) is 0 Å². The van der Waals surface area contributed by atoms with Crippen LogP contribution in [0.1, 0.15) is 32.0 Å². The molecule has 0 aliphatic rings. The Bertz CT molecular complexity index is 1900. The second kappa shape index (κ2) is 10.4. The Morgan fingerprint density at radius 2 is 1.80 bits per heavy atom. The number of nitrogens with zero attached hydrogens (tertiary/aromatic N) is 6. The number of amides is 1. The number of aromatic amines is 1. The fourth-order valence-electron chi connectivity index (χ4n) is 4.87. The number of nitrogens with one attached hydrogen (secondary N) is 2. The Morgan fingerprint density at radius 3 is 2.49 bits per heavy atom. The molecular weight excluding hydrogens is 520 g/mol. The van der Waals surface area contributed by atoms with Gasteiger partial charge in [0.2, 0.25) is 0 Å². The molecule has 0 atom stereocenters. The van der Waals surface area contributed by atoms with Crippen LogP contribution >= 0.6 is 0 Å². The molecule has 0 spiro atoms. The van der Waals surface area contributed by atoms with Crippen molar-refractivity contribution in [3.05, 3.63) is 82.0 Å². The quantitative estimate of drug-likeness (QED) is 0.287. The predicted octanol–water partition coefficient (Wildman–Crippen LogP) is 5.28. The van der Waals surface area contributed by atoms with Crippen LogP contribution in [0.3, 0.4) is 0 Å². The first-order valence-corrected chi connectivity index (χ1v) is 13.0. The van der Waals surface area contributed by atoms with E-state index in [0.717, 1.165) is 39.1 Å². The molecule has 0 saturated heterocycles. The van der Waals surface area contributed by atoms with Crippen LogP contribution in [0.25, 0.3) is 49.1 Å². The van der Waals surface area contributed by atoms with Gasteiger partial charge in [-0.15, -0.1) is 0 Å². The van der Waals surface area contributed by atoms with E-state index in [2.05, 4.69) is 30.6 Å². The van der Waals surface area contributed by atoms with E-state index < -0.39 is 11.7 Å². The summed E-state index contributed by atoms with van der Waals surface area (Å²) in [5.74, 6) is 0. The Kier molecular flexibility index (Phi) is 6.92. The lowest BCUT2D eigenvalue weighted by molar-refractivity contribution is 0.0523. The molecule has 0 saturated carbocycles. The second-order valence-electron chi connectivity index (χ2n) is 10.8. The number of ether oxygens (including phenoxy) is 1. The van der Waals surface area contributed by atoms with Gasteiger partial charge in [0.25, 0.3) is 5.56 Å². The Labute approximate surface area is 236 Å². The lowest BCUT2D eigenvalue weighted by atomic mass is 9.93. The molecule has 3 heterocycles. The first kappa shape index (κ1) is 27.3. The third-order valence-corrected chi connectivity index (χ3v) is 6.73. The number of aryl methyl sites for hydroxylation is 2. The van der Waals surface area contributed by atoms with Crippen LogP contribution in [-0.4, -0.2) is 41.5 Å². The highest BCUT2D eigenvalue weighted by atomic mass is 16.6. The van der Waals surface area contributed by atoms with Crippen LogP contribution in [-0.2, 0) is 25.4 Å². The summed E-state index contributed by atoms with van der Waals surface area (Å²) < 4.78 is 8.81. The highest BCUT2D eigenvalue weighted by molar-refractivity contribution is 5.95. The Hall–Kier alpha value is -5.24. The summed E-state index contributed by atoms with van der Waals surface area (Å²) in [4.78, 5) is 28.8. The standard InChI is InChI=1S/C30H30N8O3/c1-17-20(19-13-33-37(6)16-19)10-11-22(26(17)31-5)27-24(14-34-38(27)7)18-8-9-21-23(12-18)25(35-36-28(21)39)15-32-29(40)41-30(2,3)4/h8-14,16H,15H2,1-4,6-7H3,(H,32,40)(H,36,39). The number of H-pyrrole nitrogens is 1. The molecule has 0 aliphatic heterocycles. The minimum Gasteiger partial charge on any atom is -0.444 e. The first-order chi connectivity index (χ1) is 19.5. The fraction of sp³-hybridized carbons (Fsp3) is 0.267. The number of hydrogen-bond acceptors (Lipinski definition) is 6. The van der Waals surface area contributed by atoms with E-state index in [1.54, 1.807) is 48.6 Å². The van der Waals surface area contributed by atoms with E-state index in [0.29, 0.717) is 22.2 Å². The molecule has 11 heteroatoms. The van der Waals surface area contributed by atoms with Crippen LogP contribution in [0.2, 0.25) is 0 Å². The molecule has 0 bridgehead atoms. The number of alkyl carbamates (subject to hydrolysis) is 1. The third kappa shape index (κ3) is 5.32. The van der Waals surface area contributed by atoms with E-state index in [1.807, 2.05) is 51.5 Å². The average Bonchev–Trinajstić information content (AvgIpc) is 3.52. The Morgan fingerprint density at radius 1 is 1.05 bits per heavy atom. The molecule has 1 amide bonds. The predicted molar refractivity (Wildman–Crippen MR) is 156 cm³/mol. The molecule has 2 aromatic carbocycles. The number of hydrogen-bond donors (Lipinski definition) is 2. The number of fused-ring (bicyclic) bond motifs is 1. The normalized spacial score (nSPS) is 11.4. The molecule has 41 heavy (non-hydrogen) atoms. The molecule has 0 aliphatic carbocycles. The van der Waals surface area contributed by atoms with E-state index >= 15 is 0 Å². The number of carbonyl (C=O) groups excluding carboxylic acids is 1. The van der Waals surface area contributed by atoms with Gasteiger partial charge in [0, 0.05) is 42.4 Å². The minimum atomic E-state index is -0.646. The topological polar surface area (TPSA) is 124 Å². The highest BCUT2D eigenvalue weighted by Gasteiger charge is 2.21. The van der Waals surface area contributed by atoms with Gasteiger partial charge in [-0.05, 0) is 56.5 Å². The van der Waals surface area contributed by atoms with Gasteiger partial charge in [0.1, 0.15) is 5.60 Å². The van der Waals surface area contributed by atoms with Gasteiger partial charge >= 0.3 is 6.09 Å². The molecule has 3 aromatic heterocycles. The van der Waals surface area contributed by atoms with E-state index in [1.165, 1.54) is 0 Å². The van der Waals surface area contributed by atoms with Crippen molar-refractivity contribution in [1.82, 2.24) is 35.1 Å². The lowest BCUT2D eigenvalue weighted by Crippen LogP contribution is -2.32. The number of carbonyl (C=O) groups is 1. The monoisotopic (exact) mass is 550 g/mol. The van der Waals surface area contributed by atoms with Crippen LogP contribution < -0.4 is 10.9 Å². The zero-order chi connectivity index (χ0) is 29.5. The highest BCUT2D eigenvalue weighted by Crippen LogP contribution is 2.42. The molecule has 5 aromatic rings. The largest absolute Gasteiger partial charge is 0.444 e. The summed E-state index contributed by atoms with van der Waals surface area (Å²) in [5, 5.41) is 19.2. The lowest BCUT2D eigenvalue weighted by Gasteiger charge is -2.19. The van der Waals surface area contributed by atoms with Crippen molar-refractivity contribution in [3.8, 4) is 33.5 Å². The van der Waals surface area contributed by atoms with E-state index in [4.69, 9.17) is 11.3 Å². The van der Waals surface area contributed by atoms with Gasteiger partial charge < -0.3 is 10.1 Å². The molecule has 11 nitrogen and oxygen atoms in total. The maximum absolute atomic E-state index is 12.6. The van der Waals surface area contributed by atoms with E-state index in [-0.39, 0.29) is 12.1 Å². The summed E-state index contributed by atoms with van der Waals surface area (Å²) in [6, 6.07) is 9.37. The van der Waals surface area contributed by atoms with Crippen LogP contribution in [0.5, 0.6) is 0 Å². The molecule has 0 fully saturated rings. The third-order valence-electron chi connectivity index (χ3n) is 6.73. The van der Waals surface area contributed by atoms with E-state index in [9.17, 15) is 9.59 Å². The number of benzene rings is 2. The molecule has 0 radical (unpaired) electrons. The van der Waals surface area contributed by atoms with Crippen molar-refractivity contribution >= 4 is 22.6 Å². The minimum absolute atomic E-state index is 0.0580. The molecule has 0 unspecified atom stereocenters. The molecule has 5 rings (SSSR count). The summed E-state index contributed by atoms with van der Waals surface area (Å²) >= 11 is 0. The summed E-state index contributed by atoms with van der Waals surface area (Å²) in [5.41, 5.74) is 5.84. The van der Waals surface area contributed by atoms with Crippen molar-refractivity contribution < 1.29 is 9.53 Å². The molecule has 2 N–H and O–H groups in total. The van der Waals surface area contributed by atoms with Gasteiger partial charge in [-0.1, -0.05) is 18.2 Å². The van der Waals surface area contributed by atoms with Crippen LogP contribution in [0, 0.1) is 13.5 Å². The maximum atomic E-state index is 12.6. The second-order valence-corrected chi connectivity index (χ2v) is 10.8. The first-order valence-electron chi connectivity index (χ1n) is 13.0.